The molecule has 2 aromatic carbocycles. The molecule has 22 heavy (non-hydrogen) atoms. The Morgan fingerprint density at radius 2 is 1.82 bits per heavy atom. The summed E-state index contributed by atoms with van der Waals surface area (Å²) < 4.78 is 1.13. The Morgan fingerprint density at radius 1 is 1.14 bits per heavy atom. The number of hydrogen-bond acceptors (Lipinski definition) is 2. The van der Waals surface area contributed by atoms with Gasteiger partial charge in [-0.1, -0.05) is 64.5 Å². The molecule has 0 aliphatic carbocycles. The van der Waals surface area contributed by atoms with E-state index in [-0.39, 0.29) is 11.9 Å². The Bertz CT molecular complexity index is 603. The molecule has 0 spiro atoms. The zero-order chi connectivity index (χ0) is 15.8. The van der Waals surface area contributed by atoms with Crippen LogP contribution >= 0.6 is 27.7 Å². The number of carbonyl (C=O) groups excluding carboxylic acids is 1. The van der Waals surface area contributed by atoms with E-state index in [4.69, 9.17) is 0 Å². The van der Waals surface area contributed by atoms with Crippen molar-refractivity contribution in [3.63, 3.8) is 0 Å². The van der Waals surface area contributed by atoms with Crippen LogP contribution in [0.25, 0.3) is 0 Å². The lowest BCUT2D eigenvalue weighted by molar-refractivity contribution is -0.121. The van der Waals surface area contributed by atoms with Crippen LogP contribution in [0, 0.1) is 0 Å². The largest absolute Gasteiger partial charge is 0.350 e. The quantitative estimate of drug-likeness (QED) is 0.691. The lowest BCUT2D eigenvalue weighted by Crippen LogP contribution is -2.26. The molecule has 1 unspecified atom stereocenters. The topological polar surface area (TPSA) is 29.1 Å². The van der Waals surface area contributed by atoms with E-state index in [2.05, 4.69) is 27.3 Å². The maximum Gasteiger partial charge on any atom is 0.221 e. The first-order valence-corrected chi connectivity index (χ1v) is 9.27. The standard InChI is InChI=1S/C18H20BrNOS/c1-14(15-7-3-2-4-8-15)20-18(21)11-12-22-13-16-9-5-6-10-17(16)19/h2-10,14H,11-13H2,1H3,(H,20,21). The van der Waals surface area contributed by atoms with Crippen LogP contribution in [0.4, 0.5) is 0 Å². The summed E-state index contributed by atoms with van der Waals surface area (Å²) in [4.78, 5) is 12.0. The summed E-state index contributed by atoms with van der Waals surface area (Å²) in [6.07, 6.45) is 0.548. The normalized spacial score (nSPS) is 11.9. The first-order chi connectivity index (χ1) is 10.7. The van der Waals surface area contributed by atoms with Crippen LogP contribution in [0.15, 0.2) is 59.1 Å². The maximum absolute atomic E-state index is 12.0. The Kier molecular flexibility index (Phi) is 7.00. The van der Waals surface area contributed by atoms with Gasteiger partial charge in [-0.3, -0.25) is 4.79 Å². The molecule has 0 heterocycles. The highest BCUT2D eigenvalue weighted by Gasteiger charge is 2.09. The van der Waals surface area contributed by atoms with E-state index in [9.17, 15) is 4.79 Å². The van der Waals surface area contributed by atoms with Gasteiger partial charge in [0.15, 0.2) is 0 Å². The molecule has 0 aromatic heterocycles. The molecule has 1 amide bonds. The summed E-state index contributed by atoms with van der Waals surface area (Å²) in [5, 5.41) is 3.04. The average Bonchev–Trinajstić information content (AvgIpc) is 2.54. The minimum Gasteiger partial charge on any atom is -0.350 e. The van der Waals surface area contributed by atoms with Gasteiger partial charge in [0.1, 0.15) is 0 Å². The van der Waals surface area contributed by atoms with Gasteiger partial charge in [0, 0.05) is 22.4 Å². The van der Waals surface area contributed by atoms with E-state index in [1.807, 2.05) is 55.5 Å². The predicted octanol–water partition coefficient (Wildman–Crippen LogP) is 4.95. The number of halogens is 1. The molecule has 0 bridgehead atoms. The molecular formula is C18H20BrNOS. The van der Waals surface area contributed by atoms with Crippen molar-refractivity contribution < 1.29 is 4.79 Å². The molecular weight excluding hydrogens is 358 g/mol. The number of hydrogen-bond donors (Lipinski definition) is 1. The van der Waals surface area contributed by atoms with Crippen LogP contribution in [0.5, 0.6) is 0 Å². The van der Waals surface area contributed by atoms with Gasteiger partial charge >= 0.3 is 0 Å². The number of rotatable bonds is 7. The predicted molar refractivity (Wildman–Crippen MR) is 97.9 cm³/mol. The summed E-state index contributed by atoms with van der Waals surface area (Å²) in [5.74, 6) is 1.86. The van der Waals surface area contributed by atoms with Gasteiger partial charge in [-0.05, 0) is 24.1 Å². The van der Waals surface area contributed by atoms with Crippen LogP contribution in [0.1, 0.15) is 30.5 Å². The summed E-state index contributed by atoms with van der Waals surface area (Å²) in [5.41, 5.74) is 2.40. The molecule has 2 rings (SSSR count). The van der Waals surface area contributed by atoms with Crippen molar-refractivity contribution in [1.29, 1.82) is 0 Å². The fourth-order valence-corrected chi connectivity index (χ4v) is 3.66. The summed E-state index contributed by atoms with van der Waals surface area (Å²) in [6.45, 7) is 2.02. The molecule has 0 radical (unpaired) electrons. The third kappa shape index (κ3) is 5.50. The molecule has 116 valence electrons. The second-order valence-corrected chi connectivity index (χ2v) is 7.05. The SMILES string of the molecule is CC(NC(=O)CCSCc1ccccc1Br)c1ccccc1. The van der Waals surface area contributed by atoms with Crippen molar-refractivity contribution in [2.75, 3.05) is 5.75 Å². The number of benzene rings is 2. The van der Waals surface area contributed by atoms with Gasteiger partial charge in [0.25, 0.3) is 0 Å². The zero-order valence-electron chi connectivity index (χ0n) is 12.6. The van der Waals surface area contributed by atoms with Crippen LogP contribution in [0.3, 0.4) is 0 Å². The fraction of sp³-hybridized carbons (Fsp3) is 0.278. The highest BCUT2D eigenvalue weighted by Crippen LogP contribution is 2.21. The minimum absolute atomic E-state index is 0.0574. The van der Waals surface area contributed by atoms with E-state index in [1.165, 1.54) is 5.56 Å². The van der Waals surface area contributed by atoms with E-state index >= 15 is 0 Å². The van der Waals surface area contributed by atoms with Crippen LogP contribution in [-0.2, 0) is 10.5 Å². The van der Waals surface area contributed by atoms with Crippen LogP contribution in [0.2, 0.25) is 0 Å². The van der Waals surface area contributed by atoms with E-state index in [1.54, 1.807) is 11.8 Å². The van der Waals surface area contributed by atoms with Crippen molar-refractivity contribution in [3.8, 4) is 0 Å². The molecule has 4 heteroatoms. The molecule has 0 saturated carbocycles. The molecule has 1 atom stereocenters. The van der Waals surface area contributed by atoms with Gasteiger partial charge in [-0.15, -0.1) is 0 Å². The van der Waals surface area contributed by atoms with Crippen molar-refractivity contribution in [2.45, 2.75) is 25.1 Å². The van der Waals surface area contributed by atoms with E-state index < -0.39 is 0 Å². The molecule has 0 fully saturated rings. The molecule has 2 aromatic rings. The lowest BCUT2D eigenvalue weighted by Gasteiger charge is -2.14. The highest BCUT2D eigenvalue weighted by atomic mass is 79.9. The molecule has 1 N–H and O–H groups in total. The van der Waals surface area contributed by atoms with Crippen molar-refractivity contribution in [1.82, 2.24) is 5.32 Å². The maximum atomic E-state index is 12.0. The number of nitrogens with one attached hydrogen (secondary N) is 1. The van der Waals surface area contributed by atoms with E-state index in [0.29, 0.717) is 6.42 Å². The number of amides is 1. The van der Waals surface area contributed by atoms with Gasteiger partial charge < -0.3 is 5.32 Å². The molecule has 0 aliphatic rings. The minimum atomic E-state index is 0.0574. The van der Waals surface area contributed by atoms with Crippen molar-refractivity contribution >= 4 is 33.6 Å². The zero-order valence-corrected chi connectivity index (χ0v) is 15.0. The first-order valence-electron chi connectivity index (χ1n) is 7.32. The number of thioether (sulfide) groups is 1. The highest BCUT2D eigenvalue weighted by molar-refractivity contribution is 9.10. The number of carbonyl (C=O) groups is 1. The summed E-state index contributed by atoms with van der Waals surface area (Å²) in [7, 11) is 0. The average molecular weight is 378 g/mol. The second-order valence-electron chi connectivity index (χ2n) is 5.09. The molecule has 2 nitrogen and oxygen atoms in total. The third-order valence-corrected chi connectivity index (χ3v) is 5.15. The van der Waals surface area contributed by atoms with Gasteiger partial charge in [0.2, 0.25) is 5.91 Å². The Balaban J connectivity index is 1.69. The van der Waals surface area contributed by atoms with Crippen LogP contribution in [-0.4, -0.2) is 11.7 Å². The Labute approximate surface area is 144 Å². The first kappa shape index (κ1) is 17.1. The fourth-order valence-electron chi connectivity index (χ4n) is 2.10. The van der Waals surface area contributed by atoms with Gasteiger partial charge in [-0.2, -0.15) is 11.8 Å². The second kappa shape index (κ2) is 9.01. The van der Waals surface area contributed by atoms with E-state index in [0.717, 1.165) is 21.5 Å². The van der Waals surface area contributed by atoms with Crippen LogP contribution < -0.4 is 5.32 Å². The molecule has 0 saturated heterocycles. The van der Waals surface area contributed by atoms with Gasteiger partial charge in [-0.25, -0.2) is 0 Å². The molecule has 0 aliphatic heterocycles. The monoisotopic (exact) mass is 377 g/mol. The van der Waals surface area contributed by atoms with Crippen molar-refractivity contribution in [2.24, 2.45) is 0 Å². The summed E-state index contributed by atoms with van der Waals surface area (Å²) >= 11 is 5.32. The van der Waals surface area contributed by atoms with Crippen molar-refractivity contribution in [3.05, 3.63) is 70.2 Å². The van der Waals surface area contributed by atoms with Gasteiger partial charge in [0.05, 0.1) is 6.04 Å². The Hall–Kier alpha value is -1.26. The lowest BCUT2D eigenvalue weighted by atomic mass is 10.1. The smallest absolute Gasteiger partial charge is 0.221 e. The third-order valence-electron chi connectivity index (χ3n) is 3.37. The summed E-state index contributed by atoms with van der Waals surface area (Å²) in [6, 6.07) is 18.3. The Morgan fingerprint density at radius 3 is 2.55 bits per heavy atom.